The van der Waals surface area contributed by atoms with Crippen LogP contribution in [0.3, 0.4) is 0 Å². The molecule has 0 aliphatic rings. The molecule has 3 rings (SSSR count). The van der Waals surface area contributed by atoms with E-state index in [1.165, 1.54) is 11.3 Å². The molecule has 23 heavy (non-hydrogen) atoms. The van der Waals surface area contributed by atoms with Crippen molar-refractivity contribution in [3.63, 3.8) is 0 Å². The Morgan fingerprint density at radius 2 is 2.04 bits per heavy atom. The van der Waals surface area contributed by atoms with Crippen LogP contribution in [0.1, 0.15) is 19.8 Å². The van der Waals surface area contributed by atoms with Crippen LogP contribution in [0.5, 0.6) is 0 Å². The maximum atomic E-state index is 4.77. The zero-order valence-electron chi connectivity index (χ0n) is 12.9. The van der Waals surface area contributed by atoms with Gasteiger partial charge in [0.25, 0.3) is 0 Å². The summed E-state index contributed by atoms with van der Waals surface area (Å²) in [5.41, 5.74) is 3.33. The van der Waals surface area contributed by atoms with E-state index in [1.54, 1.807) is 23.7 Å². The number of rotatable bonds is 5. The third-order valence-corrected chi connectivity index (χ3v) is 4.94. The van der Waals surface area contributed by atoms with Gasteiger partial charge in [0.05, 0.1) is 17.6 Å². The summed E-state index contributed by atoms with van der Waals surface area (Å²) in [6.07, 6.45) is 5.87. The van der Waals surface area contributed by atoms with Crippen molar-refractivity contribution >= 4 is 33.0 Å². The Bertz CT molecular complexity index is 819. The molecule has 3 nitrogen and oxygen atoms in total. The van der Waals surface area contributed by atoms with Crippen LogP contribution >= 0.6 is 27.3 Å². The first-order chi connectivity index (χ1) is 11.3. The van der Waals surface area contributed by atoms with Crippen molar-refractivity contribution in [2.24, 2.45) is 4.99 Å². The number of hydrogen-bond donors (Lipinski definition) is 0. The first-order valence-corrected chi connectivity index (χ1v) is 9.34. The van der Waals surface area contributed by atoms with Crippen molar-refractivity contribution in [3.05, 3.63) is 63.4 Å². The highest BCUT2D eigenvalue weighted by Gasteiger charge is 2.08. The predicted octanol–water partition coefficient (Wildman–Crippen LogP) is 5.41. The van der Waals surface area contributed by atoms with Gasteiger partial charge in [-0.2, -0.15) is 0 Å². The molecule has 118 valence electrons. The maximum Gasteiger partial charge on any atom is 0.190 e. The minimum absolute atomic E-state index is 0.891. The largest absolute Gasteiger partial charge is 0.316 e. The molecule has 5 heteroatoms. The molecular formula is C18H18BrN3S. The van der Waals surface area contributed by atoms with Crippen LogP contribution in [0.15, 0.2) is 63.6 Å². The van der Waals surface area contributed by atoms with E-state index in [0.717, 1.165) is 34.3 Å². The number of unbranched alkanes of at least 4 members (excludes halogenated alkanes) is 1. The first-order valence-electron chi connectivity index (χ1n) is 7.67. The number of thiazole rings is 1. The average molecular weight is 388 g/mol. The lowest BCUT2D eigenvalue weighted by Gasteiger charge is -2.08. The predicted molar refractivity (Wildman–Crippen MR) is 99.8 cm³/mol. The van der Waals surface area contributed by atoms with Gasteiger partial charge in [-0.3, -0.25) is 4.98 Å². The Balaban J connectivity index is 2.07. The van der Waals surface area contributed by atoms with Crippen LogP contribution in [0.2, 0.25) is 0 Å². The summed E-state index contributed by atoms with van der Waals surface area (Å²) < 4.78 is 3.40. The van der Waals surface area contributed by atoms with Gasteiger partial charge in [-0.1, -0.05) is 41.4 Å². The van der Waals surface area contributed by atoms with Gasteiger partial charge in [0.15, 0.2) is 4.80 Å². The van der Waals surface area contributed by atoms with Crippen LogP contribution in [0.25, 0.3) is 11.3 Å². The molecule has 0 radical (unpaired) electrons. The van der Waals surface area contributed by atoms with Crippen LogP contribution in [-0.2, 0) is 6.54 Å². The van der Waals surface area contributed by atoms with Crippen LogP contribution in [-0.4, -0.2) is 9.55 Å². The summed E-state index contributed by atoms with van der Waals surface area (Å²) in [4.78, 5) is 9.93. The minimum atomic E-state index is 0.891. The van der Waals surface area contributed by atoms with Crippen LogP contribution < -0.4 is 4.80 Å². The number of benzene rings is 1. The summed E-state index contributed by atoms with van der Waals surface area (Å²) in [5, 5.41) is 2.19. The number of nitrogens with zero attached hydrogens (tertiary/aromatic N) is 3. The molecule has 1 aromatic carbocycles. The Morgan fingerprint density at radius 1 is 1.22 bits per heavy atom. The van der Waals surface area contributed by atoms with Gasteiger partial charge in [-0.15, -0.1) is 11.3 Å². The lowest BCUT2D eigenvalue weighted by Crippen LogP contribution is -2.15. The molecular weight excluding hydrogens is 370 g/mol. The Kier molecular flexibility index (Phi) is 5.41. The molecule has 0 N–H and O–H groups in total. The second-order valence-electron chi connectivity index (χ2n) is 5.24. The normalized spacial score (nSPS) is 11.8. The fourth-order valence-electron chi connectivity index (χ4n) is 2.33. The molecule has 0 amide bonds. The summed E-state index contributed by atoms with van der Waals surface area (Å²) in [6.45, 7) is 3.19. The van der Waals surface area contributed by atoms with Crippen molar-refractivity contribution in [2.75, 3.05) is 0 Å². The van der Waals surface area contributed by atoms with Gasteiger partial charge >= 0.3 is 0 Å². The number of aromatic nitrogens is 2. The quantitative estimate of drug-likeness (QED) is 0.575. The molecule has 2 aromatic heterocycles. The van der Waals surface area contributed by atoms with E-state index in [4.69, 9.17) is 4.99 Å². The van der Waals surface area contributed by atoms with E-state index in [-0.39, 0.29) is 0 Å². The second-order valence-corrected chi connectivity index (χ2v) is 6.99. The van der Waals surface area contributed by atoms with Crippen molar-refractivity contribution < 1.29 is 0 Å². The molecule has 0 atom stereocenters. The van der Waals surface area contributed by atoms with Gasteiger partial charge < -0.3 is 4.57 Å². The van der Waals surface area contributed by atoms with E-state index < -0.39 is 0 Å². The Morgan fingerprint density at radius 3 is 2.74 bits per heavy atom. The van der Waals surface area contributed by atoms with Crippen molar-refractivity contribution in [1.82, 2.24) is 9.55 Å². The molecule has 0 aliphatic carbocycles. The van der Waals surface area contributed by atoms with Crippen molar-refractivity contribution in [3.8, 4) is 11.3 Å². The summed E-state index contributed by atoms with van der Waals surface area (Å²) in [6, 6.07) is 12.3. The molecule has 2 heterocycles. The lowest BCUT2D eigenvalue weighted by molar-refractivity contribution is 0.623. The summed E-state index contributed by atoms with van der Waals surface area (Å²) in [7, 11) is 0. The molecule has 0 unspecified atom stereocenters. The molecule has 0 bridgehead atoms. The second kappa shape index (κ2) is 7.70. The third kappa shape index (κ3) is 3.98. The standard InChI is InChI=1S/C18H18BrN3S/c1-2-3-11-22-17(14-6-8-15(19)9-7-14)13-23-18(22)21-16-5-4-10-20-12-16/h4-10,12-13H,2-3,11H2,1H3. The van der Waals surface area contributed by atoms with Crippen LogP contribution in [0.4, 0.5) is 5.69 Å². The van der Waals surface area contributed by atoms with E-state index in [1.807, 2.05) is 12.1 Å². The zero-order valence-corrected chi connectivity index (χ0v) is 15.3. The van der Waals surface area contributed by atoms with E-state index in [0.29, 0.717) is 0 Å². The Hall–Kier alpha value is -1.72. The molecule has 0 spiro atoms. The minimum Gasteiger partial charge on any atom is -0.316 e. The van der Waals surface area contributed by atoms with Gasteiger partial charge in [0.2, 0.25) is 0 Å². The lowest BCUT2D eigenvalue weighted by atomic mass is 10.2. The van der Waals surface area contributed by atoms with E-state index >= 15 is 0 Å². The highest BCUT2D eigenvalue weighted by atomic mass is 79.9. The fourth-order valence-corrected chi connectivity index (χ4v) is 3.55. The third-order valence-electron chi connectivity index (χ3n) is 3.54. The maximum absolute atomic E-state index is 4.77. The van der Waals surface area contributed by atoms with Gasteiger partial charge in [-0.05, 0) is 36.2 Å². The highest BCUT2D eigenvalue weighted by molar-refractivity contribution is 9.10. The Labute approximate surface area is 148 Å². The summed E-state index contributed by atoms with van der Waals surface area (Å²) >= 11 is 5.18. The summed E-state index contributed by atoms with van der Waals surface area (Å²) in [5.74, 6) is 0. The molecule has 3 aromatic rings. The molecule has 0 saturated carbocycles. The first kappa shape index (κ1) is 16.1. The van der Waals surface area contributed by atoms with E-state index in [2.05, 4.69) is 62.1 Å². The highest BCUT2D eigenvalue weighted by Crippen LogP contribution is 2.23. The number of halogens is 1. The van der Waals surface area contributed by atoms with E-state index in [9.17, 15) is 0 Å². The van der Waals surface area contributed by atoms with Crippen LogP contribution in [0, 0.1) is 0 Å². The van der Waals surface area contributed by atoms with Crippen molar-refractivity contribution in [1.29, 1.82) is 0 Å². The van der Waals surface area contributed by atoms with Gasteiger partial charge in [-0.25, -0.2) is 4.99 Å². The van der Waals surface area contributed by atoms with Gasteiger partial charge in [0, 0.05) is 22.6 Å². The smallest absolute Gasteiger partial charge is 0.190 e. The monoisotopic (exact) mass is 387 g/mol. The number of pyridine rings is 1. The fraction of sp³-hybridized carbons (Fsp3) is 0.222. The topological polar surface area (TPSA) is 30.2 Å². The molecule has 0 fully saturated rings. The average Bonchev–Trinajstić information content (AvgIpc) is 2.97. The SMILES string of the molecule is CCCCn1c(-c2ccc(Br)cc2)csc1=Nc1cccnc1. The molecule has 0 saturated heterocycles. The number of hydrogen-bond acceptors (Lipinski definition) is 3. The zero-order chi connectivity index (χ0) is 16.1. The van der Waals surface area contributed by atoms with Crippen molar-refractivity contribution in [2.45, 2.75) is 26.3 Å². The molecule has 0 aliphatic heterocycles. The van der Waals surface area contributed by atoms with Gasteiger partial charge in [0.1, 0.15) is 0 Å².